The Morgan fingerprint density at radius 3 is 2.81 bits per heavy atom. The Hall–Kier alpha value is -1.45. The second-order valence-electron chi connectivity index (χ2n) is 4.08. The molecule has 0 radical (unpaired) electrons. The van der Waals surface area contributed by atoms with Crippen molar-refractivity contribution in [3.8, 4) is 0 Å². The molecule has 0 saturated heterocycles. The zero-order chi connectivity index (χ0) is 15.7. The SMILES string of the molecule is COCCNCCNc1cnn(CC(=O)OC)c(=O)c1Br. The number of ether oxygens (including phenoxy) is 2. The van der Waals surface area contributed by atoms with E-state index in [0.717, 1.165) is 17.8 Å². The van der Waals surface area contributed by atoms with Crippen LogP contribution in [0.5, 0.6) is 0 Å². The van der Waals surface area contributed by atoms with Crippen molar-refractivity contribution in [2.75, 3.05) is 45.8 Å². The fourth-order valence-electron chi connectivity index (χ4n) is 1.47. The lowest BCUT2D eigenvalue weighted by Crippen LogP contribution is -2.29. The van der Waals surface area contributed by atoms with Crippen LogP contribution >= 0.6 is 15.9 Å². The van der Waals surface area contributed by atoms with Crippen molar-refractivity contribution >= 4 is 27.6 Å². The van der Waals surface area contributed by atoms with Crippen molar-refractivity contribution in [1.82, 2.24) is 15.1 Å². The monoisotopic (exact) mass is 362 g/mol. The molecule has 0 amide bonds. The van der Waals surface area contributed by atoms with Gasteiger partial charge >= 0.3 is 5.97 Å². The van der Waals surface area contributed by atoms with E-state index in [0.29, 0.717) is 23.3 Å². The number of hydrogen-bond donors (Lipinski definition) is 2. The van der Waals surface area contributed by atoms with Gasteiger partial charge in [-0.15, -0.1) is 0 Å². The van der Waals surface area contributed by atoms with E-state index in [1.807, 2.05) is 0 Å². The molecule has 1 aromatic heterocycles. The molecular weight excluding hydrogens is 344 g/mol. The van der Waals surface area contributed by atoms with Crippen molar-refractivity contribution in [1.29, 1.82) is 0 Å². The average Bonchev–Trinajstić information content (AvgIpc) is 2.49. The van der Waals surface area contributed by atoms with Gasteiger partial charge in [0.1, 0.15) is 11.0 Å². The molecule has 1 heterocycles. The number of carbonyl (C=O) groups excluding carboxylic acids is 1. The van der Waals surface area contributed by atoms with Crippen LogP contribution in [-0.2, 0) is 20.8 Å². The number of rotatable bonds is 9. The summed E-state index contributed by atoms with van der Waals surface area (Å²) < 4.78 is 10.8. The van der Waals surface area contributed by atoms with Gasteiger partial charge in [-0.05, 0) is 15.9 Å². The number of anilines is 1. The van der Waals surface area contributed by atoms with Crippen molar-refractivity contribution < 1.29 is 14.3 Å². The lowest BCUT2D eigenvalue weighted by Gasteiger charge is -2.10. The summed E-state index contributed by atoms with van der Waals surface area (Å²) in [7, 11) is 2.90. The summed E-state index contributed by atoms with van der Waals surface area (Å²) in [5, 5.41) is 10.2. The highest BCUT2D eigenvalue weighted by Crippen LogP contribution is 2.15. The molecule has 1 rings (SSSR count). The molecule has 0 aliphatic heterocycles. The summed E-state index contributed by atoms with van der Waals surface area (Å²) in [6.45, 7) is 2.55. The molecule has 0 spiro atoms. The molecule has 0 unspecified atom stereocenters. The highest BCUT2D eigenvalue weighted by Gasteiger charge is 2.11. The Bertz CT molecular complexity index is 520. The van der Waals surface area contributed by atoms with E-state index < -0.39 is 11.5 Å². The molecule has 0 aliphatic carbocycles. The Balaban J connectivity index is 2.55. The van der Waals surface area contributed by atoms with Gasteiger partial charge in [-0.2, -0.15) is 5.10 Å². The van der Waals surface area contributed by atoms with Gasteiger partial charge < -0.3 is 20.1 Å². The predicted octanol–water partition coefficient (Wildman–Crippen LogP) is -0.173. The van der Waals surface area contributed by atoms with Gasteiger partial charge in [0.05, 0.1) is 25.6 Å². The van der Waals surface area contributed by atoms with E-state index in [1.165, 1.54) is 13.3 Å². The second kappa shape index (κ2) is 9.48. The normalized spacial score (nSPS) is 10.4. The maximum Gasteiger partial charge on any atom is 0.327 e. The number of aromatic nitrogens is 2. The van der Waals surface area contributed by atoms with Gasteiger partial charge in [0.25, 0.3) is 5.56 Å². The standard InChI is InChI=1S/C12H19BrN4O4/c1-20-6-5-14-3-4-15-9-7-16-17(8-10(18)21-2)12(19)11(9)13/h7,14-15H,3-6,8H2,1-2H3. The van der Waals surface area contributed by atoms with Crippen LogP contribution in [0.3, 0.4) is 0 Å². The number of methoxy groups -OCH3 is 2. The van der Waals surface area contributed by atoms with Crippen LogP contribution in [-0.4, -0.2) is 56.2 Å². The molecule has 0 atom stereocenters. The molecule has 9 heteroatoms. The first-order chi connectivity index (χ1) is 10.1. The smallest absolute Gasteiger partial charge is 0.327 e. The molecule has 1 aromatic rings. The molecule has 21 heavy (non-hydrogen) atoms. The third-order valence-corrected chi connectivity index (χ3v) is 3.36. The van der Waals surface area contributed by atoms with E-state index in [-0.39, 0.29) is 6.54 Å². The first kappa shape index (κ1) is 17.6. The predicted molar refractivity (Wildman–Crippen MR) is 81.4 cm³/mol. The van der Waals surface area contributed by atoms with Gasteiger partial charge in [0.15, 0.2) is 0 Å². The van der Waals surface area contributed by atoms with E-state index >= 15 is 0 Å². The average molecular weight is 363 g/mol. The number of esters is 1. The van der Waals surface area contributed by atoms with Crippen LogP contribution in [0.4, 0.5) is 5.69 Å². The lowest BCUT2D eigenvalue weighted by molar-refractivity contribution is -0.141. The number of nitrogens with one attached hydrogen (secondary N) is 2. The molecule has 0 bridgehead atoms. The van der Waals surface area contributed by atoms with Gasteiger partial charge in [-0.3, -0.25) is 9.59 Å². The Morgan fingerprint density at radius 2 is 2.14 bits per heavy atom. The minimum atomic E-state index is -0.528. The Morgan fingerprint density at radius 1 is 1.38 bits per heavy atom. The van der Waals surface area contributed by atoms with Crippen LogP contribution in [0.1, 0.15) is 0 Å². The fraction of sp³-hybridized carbons (Fsp3) is 0.583. The second-order valence-corrected chi connectivity index (χ2v) is 4.87. The maximum atomic E-state index is 12.0. The first-order valence-corrected chi connectivity index (χ1v) is 7.15. The lowest BCUT2D eigenvalue weighted by atomic mass is 10.4. The van der Waals surface area contributed by atoms with Crippen LogP contribution in [0.2, 0.25) is 0 Å². The van der Waals surface area contributed by atoms with Gasteiger partial charge in [0.2, 0.25) is 0 Å². The molecule has 0 fully saturated rings. The fourth-order valence-corrected chi connectivity index (χ4v) is 1.92. The van der Waals surface area contributed by atoms with E-state index in [9.17, 15) is 9.59 Å². The summed E-state index contributed by atoms with van der Waals surface area (Å²) in [5.74, 6) is -0.528. The summed E-state index contributed by atoms with van der Waals surface area (Å²) in [6.07, 6.45) is 1.49. The van der Waals surface area contributed by atoms with Crippen LogP contribution in [0.25, 0.3) is 0 Å². The third kappa shape index (κ3) is 5.82. The van der Waals surface area contributed by atoms with Gasteiger partial charge in [-0.1, -0.05) is 0 Å². The third-order valence-electron chi connectivity index (χ3n) is 2.59. The highest BCUT2D eigenvalue weighted by atomic mass is 79.9. The van der Waals surface area contributed by atoms with E-state index in [4.69, 9.17) is 4.74 Å². The zero-order valence-corrected chi connectivity index (χ0v) is 13.6. The molecule has 8 nitrogen and oxygen atoms in total. The van der Waals surface area contributed by atoms with E-state index in [1.54, 1.807) is 7.11 Å². The Kier molecular flexibility index (Phi) is 7.95. The number of nitrogens with zero attached hydrogens (tertiary/aromatic N) is 2. The Labute approximate surface area is 130 Å². The van der Waals surface area contributed by atoms with Gasteiger partial charge in [0, 0.05) is 26.7 Å². The quantitative estimate of drug-likeness (QED) is 0.465. The van der Waals surface area contributed by atoms with Crippen LogP contribution in [0, 0.1) is 0 Å². The minimum Gasteiger partial charge on any atom is -0.468 e. The van der Waals surface area contributed by atoms with E-state index in [2.05, 4.69) is 36.4 Å². The van der Waals surface area contributed by atoms with Crippen molar-refractivity contribution in [3.63, 3.8) is 0 Å². The summed E-state index contributed by atoms with van der Waals surface area (Å²) in [5.41, 5.74) is 0.187. The molecule has 0 aromatic carbocycles. The molecule has 2 N–H and O–H groups in total. The van der Waals surface area contributed by atoms with Crippen LogP contribution in [0.15, 0.2) is 15.5 Å². The van der Waals surface area contributed by atoms with Gasteiger partial charge in [-0.25, -0.2) is 4.68 Å². The topological polar surface area (TPSA) is 94.5 Å². The molecule has 0 saturated carbocycles. The molecular formula is C12H19BrN4O4. The molecule has 0 aliphatic rings. The summed E-state index contributed by atoms with van der Waals surface area (Å²) in [6, 6.07) is 0. The van der Waals surface area contributed by atoms with Crippen molar-refractivity contribution in [2.24, 2.45) is 0 Å². The highest BCUT2D eigenvalue weighted by molar-refractivity contribution is 9.10. The van der Waals surface area contributed by atoms with Crippen molar-refractivity contribution in [2.45, 2.75) is 6.54 Å². The zero-order valence-electron chi connectivity index (χ0n) is 12.0. The number of hydrogen-bond acceptors (Lipinski definition) is 7. The number of halogens is 1. The minimum absolute atomic E-state index is 0.215. The van der Waals surface area contributed by atoms with Crippen LogP contribution < -0.4 is 16.2 Å². The largest absolute Gasteiger partial charge is 0.468 e. The number of carbonyl (C=O) groups is 1. The maximum absolute atomic E-state index is 12.0. The summed E-state index contributed by atoms with van der Waals surface area (Å²) in [4.78, 5) is 23.1. The molecule has 118 valence electrons. The first-order valence-electron chi connectivity index (χ1n) is 6.36. The summed E-state index contributed by atoms with van der Waals surface area (Å²) >= 11 is 3.21. The van der Waals surface area contributed by atoms with Crippen molar-refractivity contribution in [3.05, 3.63) is 21.0 Å².